The predicted octanol–water partition coefficient (Wildman–Crippen LogP) is 4.34. The summed E-state index contributed by atoms with van der Waals surface area (Å²) in [6.07, 6.45) is 7.91. The Morgan fingerprint density at radius 1 is 0.778 bits per heavy atom. The molecule has 18 heavy (non-hydrogen) atoms. The molecule has 110 valence electrons. The van der Waals surface area contributed by atoms with Crippen LogP contribution in [0.15, 0.2) is 0 Å². The second kappa shape index (κ2) is 18.8. The zero-order valence-electron chi connectivity index (χ0n) is 12.8. The van der Waals surface area contributed by atoms with Crippen LogP contribution in [0.3, 0.4) is 0 Å². The number of ether oxygens (including phenoxy) is 2. The molecular formula is C15H32O3. The molecule has 0 heterocycles. The summed E-state index contributed by atoms with van der Waals surface area (Å²) in [7, 11) is 0. The Balaban J connectivity index is 0. The quantitative estimate of drug-likeness (QED) is 0.433. The Hall–Kier alpha value is -0.570. The van der Waals surface area contributed by atoms with Crippen LogP contribution < -0.4 is 0 Å². The van der Waals surface area contributed by atoms with Crippen molar-refractivity contribution in [1.82, 2.24) is 0 Å². The van der Waals surface area contributed by atoms with Crippen molar-refractivity contribution < 1.29 is 14.3 Å². The number of carbonyl (C=O) groups excluding carboxylic acids is 1. The zero-order valence-corrected chi connectivity index (χ0v) is 12.8. The van der Waals surface area contributed by atoms with Crippen LogP contribution in [0.4, 0.5) is 0 Å². The van der Waals surface area contributed by atoms with Gasteiger partial charge in [-0.1, -0.05) is 39.0 Å². The van der Waals surface area contributed by atoms with E-state index in [1.165, 1.54) is 32.1 Å². The second-order valence-electron chi connectivity index (χ2n) is 4.10. The van der Waals surface area contributed by atoms with Crippen molar-refractivity contribution in [3.63, 3.8) is 0 Å². The molecule has 0 bridgehead atoms. The van der Waals surface area contributed by atoms with Gasteiger partial charge in [0, 0.05) is 19.6 Å². The second-order valence-corrected chi connectivity index (χ2v) is 4.10. The van der Waals surface area contributed by atoms with Gasteiger partial charge in [0.25, 0.3) is 0 Å². The van der Waals surface area contributed by atoms with Gasteiger partial charge in [-0.25, -0.2) is 0 Å². The first-order chi connectivity index (χ1) is 8.72. The summed E-state index contributed by atoms with van der Waals surface area (Å²) in [6.45, 7) is 10.2. The topological polar surface area (TPSA) is 35.5 Å². The van der Waals surface area contributed by atoms with E-state index in [9.17, 15) is 4.79 Å². The van der Waals surface area contributed by atoms with E-state index in [0.29, 0.717) is 13.0 Å². The van der Waals surface area contributed by atoms with Gasteiger partial charge in [-0.3, -0.25) is 4.79 Å². The third kappa shape index (κ3) is 20.8. The molecule has 0 aliphatic carbocycles. The molecule has 0 radical (unpaired) electrons. The molecule has 3 nitrogen and oxygen atoms in total. The molecule has 0 aromatic carbocycles. The molecule has 3 heteroatoms. The molecule has 0 N–H and O–H groups in total. The van der Waals surface area contributed by atoms with Crippen molar-refractivity contribution in [3.8, 4) is 0 Å². The van der Waals surface area contributed by atoms with E-state index >= 15 is 0 Å². The highest BCUT2D eigenvalue weighted by Crippen LogP contribution is 2.07. The van der Waals surface area contributed by atoms with Crippen molar-refractivity contribution in [3.05, 3.63) is 0 Å². The van der Waals surface area contributed by atoms with Crippen LogP contribution >= 0.6 is 0 Å². The van der Waals surface area contributed by atoms with Crippen molar-refractivity contribution in [2.24, 2.45) is 0 Å². The van der Waals surface area contributed by atoms with Gasteiger partial charge in [0.15, 0.2) is 0 Å². The number of hydrogen-bond donors (Lipinski definition) is 0. The molecule has 0 amide bonds. The van der Waals surface area contributed by atoms with E-state index in [2.05, 4.69) is 6.92 Å². The molecule has 0 unspecified atom stereocenters. The lowest BCUT2D eigenvalue weighted by molar-refractivity contribution is -0.143. The van der Waals surface area contributed by atoms with Gasteiger partial charge in [0.05, 0.1) is 6.61 Å². The molecule has 0 saturated carbocycles. The highest BCUT2D eigenvalue weighted by molar-refractivity contribution is 5.69. The minimum atomic E-state index is -0.0435. The minimum absolute atomic E-state index is 0.0435. The minimum Gasteiger partial charge on any atom is -0.466 e. The first kappa shape index (κ1) is 19.8. The van der Waals surface area contributed by atoms with Crippen molar-refractivity contribution in [2.75, 3.05) is 19.8 Å². The smallest absolute Gasteiger partial charge is 0.305 e. The fraction of sp³-hybridized carbons (Fsp3) is 0.933. The molecule has 0 aliphatic rings. The zero-order chi connectivity index (χ0) is 14.1. The summed E-state index contributed by atoms with van der Waals surface area (Å²) in [5, 5.41) is 0. The monoisotopic (exact) mass is 260 g/mol. The molecular weight excluding hydrogens is 228 g/mol. The van der Waals surface area contributed by atoms with E-state index in [1.807, 2.05) is 20.8 Å². The number of esters is 1. The number of carbonyl (C=O) groups is 1. The van der Waals surface area contributed by atoms with Gasteiger partial charge in [0.2, 0.25) is 0 Å². The van der Waals surface area contributed by atoms with E-state index in [-0.39, 0.29) is 5.97 Å². The van der Waals surface area contributed by atoms with Gasteiger partial charge in [0.1, 0.15) is 0 Å². The van der Waals surface area contributed by atoms with Crippen LogP contribution in [0, 0.1) is 0 Å². The first-order valence-electron chi connectivity index (χ1n) is 7.46. The molecule has 0 fully saturated rings. The number of unbranched alkanes of at least 4 members (excludes halogenated alkanes) is 5. The summed E-state index contributed by atoms with van der Waals surface area (Å²) >= 11 is 0. The largest absolute Gasteiger partial charge is 0.466 e. The van der Waals surface area contributed by atoms with E-state index < -0.39 is 0 Å². The molecule has 0 saturated heterocycles. The maximum atomic E-state index is 10.9. The van der Waals surface area contributed by atoms with Gasteiger partial charge in [-0.2, -0.15) is 0 Å². The van der Waals surface area contributed by atoms with Crippen molar-refractivity contribution in [2.45, 2.75) is 72.6 Å². The SMILES string of the molecule is CCCCCCCCC(=O)OCC.CCOCC. The van der Waals surface area contributed by atoms with E-state index in [0.717, 1.165) is 19.6 Å². The highest BCUT2D eigenvalue weighted by Gasteiger charge is 1.99. The Morgan fingerprint density at radius 2 is 1.33 bits per heavy atom. The van der Waals surface area contributed by atoms with Gasteiger partial charge in [-0.15, -0.1) is 0 Å². The maximum absolute atomic E-state index is 10.9. The van der Waals surface area contributed by atoms with Gasteiger partial charge >= 0.3 is 5.97 Å². The average Bonchev–Trinajstić information content (AvgIpc) is 2.36. The lowest BCUT2D eigenvalue weighted by Gasteiger charge is -2.01. The third-order valence-corrected chi connectivity index (χ3v) is 2.45. The van der Waals surface area contributed by atoms with Crippen LogP contribution in [0.25, 0.3) is 0 Å². The molecule has 0 spiro atoms. The number of rotatable bonds is 10. The van der Waals surface area contributed by atoms with Crippen molar-refractivity contribution >= 4 is 5.97 Å². The maximum Gasteiger partial charge on any atom is 0.305 e. The van der Waals surface area contributed by atoms with Crippen LogP contribution in [0.1, 0.15) is 72.6 Å². The lowest BCUT2D eigenvalue weighted by Crippen LogP contribution is -2.03. The standard InChI is InChI=1S/C11H22O2.C4H10O/c1-3-5-6-7-8-9-10-11(12)13-4-2;1-3-5-4-2/h3-10H2,1-2H3;3-4H2,1-2H3. The average molecular weight is 260 g/mol. The van der Waals surface area contributed by atoms with Crippen molar-refractivity contribution in [1.29, 1.82) is 0 Å². The van der Waals surface area contributed by atoms with Gasteiger partial charge < -0.3 is 9.47 Å². The summed E-state index contributed by atoms with van der Waals surface area (Å²) in [5.74, 6) is -0.0435. The normalized spacial score (nSPS) is 9.56. The molecule has 0 aromatic rings. The third-order valence-electron chi connectivity index (χ3n) is 2.45. The van der Waals surface area contributed by atoms with Crippen LogP contribution in [0.2, 0.25) is 0 Å². The Kier molecular flexibility index (Phi) is 20.6. The van der Waals surface area contributed by atoms with Gasteiger partial charge in [-0.05, 0) is 27.2 Å². The molecule has 0 atom stereocenters. The summed E-state index contributed by atoms with van der Waals surface area (Å²) < 4.78 is 9.66. The molecule has 0 rings (SSSR count). The number of hydrogen-bond acceptors (Lipinski definition) is 3. The van der Waals surface area contributed by atoms with E-state index in [4.69, 9.17) is 9.47 Å². The Bertz CT molecular complexity index is 156. The molecule has 0 aromatic heterocycles. The summed E-state index contributed by atoms with van der Waals surface area (Å²) in [6, 6.07) is 0. The Morgan fingerprint density at radius 3 is 1.78 bits per heavy atom. The summed E-state index contributed by atoms with van der Waals surface area (Å²) in [5.41, 5.74) is 0. The lowest BCUT2D eigenvalue weighted by atomic mass is 10.1. The van der Waals surface area contributed by atoms with Crippen LogP contribution in [-0.2, 0) is 14.3 Å². The highest BCUT2D eigenvalue weighted by atomic mass is 16.5. The van der Waals surface area contributed by atoms with E-state index in [1.54, 1.807) is 0 Å². The summed E-state index contributed by atoms with van der Waals surface area (Å²) in [4.78, 5) is 10.9. The molecule has 0 aliphatic heterocycles. The fourth-order valence-corrected chi connectivity index (χ4v) is 1.49. The fourth-order valence-electron chi connectivity index (χ4n) is 1.49. The van der Waals surface area contributed by atoms with Crippen LogP contribution in [-0.4, -0.2) is 25.8 Å². The van der Waals surface area contributed by atoms with Crippen LogP contribution in [0.5, 0.6) is 0 Å². The predicted molar refractivity (Wildman–Crippen MR) is 76.8 cm³/mol. The Labute approximate surface area is 113 Å². The first-order valence-corrected chi connectivity index (χ1v) is 7.46.